The van der Waals surface area contributed by atoms with Crippen LogP contribution in [0.5, 0.6) is 0 Å². The van der Waals surface area contributed by atoms with E-state index in [1.165, 1.54) is 5.56 Å². The Balaban J connectivity index is 2.51. The molecule has 0 fully saturated rings. The van der Waals surface area contributed by atoms with Gasteiger partial charge in [0.1, 0.15) is 18.2 Å². The topological polar surface area (TPSA) is 64.7 Å². The first-order chi connectivity index (χ1) is 8.00. The van der Waals surface area contributed by atoms with Crippen molar-refractivity contribution < 1.29 is 9.63 Å². The average Bonchev–Trinajstić information content (AvgIpc) is 2.64. The number of nitrogens with zero attached hydrogens (tertiary/aromatic N) is 1. The van der Waals surface area contributed by atoms with Crippen molar-refractivity contribution in [3.63, 3.8) is 0 Å². The van der Waals surface area contributed by atoms with E-state index in [4.69, 9.17) is 10.6 Å². The molecule has 1 aromatic rings. The van der Waals surface area contributed by atoms with Gasteiger partial charge in [-0.2, -0.15) is 0 Å². The van der Waals surface area contributed by atoms with Crippen LogP contribution in [-0.4, -0.2) is 18.2 Å². The van der Waals surface area contributed by atoms with E-state index in [-0.39, 0.29) is 12.5 Å². The van der Waals surface area contributed by atoms with Crippen molar-refractivity contribution in [1.82, 2.24) is 0 Å². The molecule has 90 valence electrons. The van der Waals surface area contributed by atoms with Gasteiger partial charge in [0, 0.05) is 5.56 Å². The fourth-order valence-electron chi connectivity index (χ4n) is 2.34. The van der Waals surface area contributed by atoms with Crippen LogP contribution in [0.25, 0.3) is 0 Å². The third kappa shape index (κ3) is 2.02. The number of nitrogens with two attached hydrogens (primary N) is 1. The summed E-state index contributed by atoms with van der Waals surface area (Å²) in [5, 5.41) is 3.98. The molecule has 0 saturated heterocycles. The molecular formula is C13H16N2O2. The van der Waals surface area contributed by atoms with E-state index in [0.29, 0.717) is 5.71 Å². The number of hydrogen-bond acceptors (Lipinski definition) is 3. The average molecular weight is 232 g/mol. The monoisotopic (exact) mass is 232 g/mol. The minimum atomic E-state index is -0.435. The molecule has 0 spiro atoms. The highest BCUT2D eigenvalue weighted by Crippen LogP contribution is 2.24. The summed E-state index contributed by atoms with van der Waals surface area (Å²) in [5.41, 5.74) is 10.4. The standard InChI is InChI=1S/C13H16N2O2/c1-7-4-8(2)11(9(3)5-7)12-10(13(14)16)6-17-15-12/h4-5,10H,6H2,1-3H3,(H2,14,16). The fourth-order valence-corrected chi connectivity index (χ4v) is 2.34. The van der Waals surface area contributed by atoms with Crippen LogP contribution < -0.4 is 5.73 Å². The summed E-state index contributed by atoms with van der Waals surface area (Å²) < 4.78 is 0. The lowest BCUT2D eigenvalue weighted by molar-refractivity contribution is -0.120. The number of hydrogen-bond donors (Lipinski definition) is 1. The summed E-state index contributed by atoms with van der Waals surface area (Å²) in [6.45, 7) is 6.31. The number of rotatable bonds is 2. The number of benzene rings is 1. The maximum absolute atomic E-state index is 11.3. The first-order valence-corrected chi connectivity index (χ1v) is 5.58. The first-order valence-electron chi connectivity index (χ1n) is 5.58. The first kappa shape index (κ1) is 11.6. The molecule has 17 heavy (non-hydrogen) atoms. The van der Waals surface area contributed by atoms with Gasteiger partial charge in [0.2, 0.25) is 5.91 Å². The van der Waals surface area contributed by atoms with Gasteiger partial charge in [0.05, 0.1) is 0 Å². The third-order valence-electron chi connectivity index (χ3n) is 3.01. The second kappa shape index (κ2) is 4.20. The van der Waals surface area contributed by atoms with Crippen LogP contribution in [0.1, 0.15) is 22.3 Å². The van der Waals surface area contributed by atoms with Crippen LogP contribution in [0.3, 0.4) is 0 Å². The third-order valence-corrected chi connectivity index (χ3v) is 3.01. The molecule has 1 aliphatic heterocycles. The van der Waals surface area contributed by atoms with E-state index < -0.39 is 5.92 Å². The number of oxime groups is 1. The molecule has 1 heterocycles. The van der Waals surface area contributed by atoms with Crippen molar-refractivity contribution in [3.05, 3.63) is 34.4 Å². The smallest absolute Gasteiger partial charge is 0.230 e. The van der Waals surface area contributed by atoms with Gasteiger partial charge in [-0.3, -0.25) is 4.79 Å². The molecule has 4 heteroatoms. The normalized spacial score (nSPS) is 18.8. The molecule has 0 bridgehead atoms. The predicted molar refractivity (Wildman–Crippen MR) is 65.8 cm³/mol. The van der Waals surface area contributed by atoms with Crippen LogP contribution in [0.15, 0.2) is 17.3 Å². The highest BCUT2D eigenvalue weighted by molar-refractivity contribution is 6.14. The van der Waals surface area contributed by atoms with Gasteiger partial charge in [-0.1, -0.05) is 22.9 Å². The van der Waals surface area contributed by atoms with Crippen LogP contribution in [-0.2, 0) is 9.63 Å². The zero-order chi connectivity index (χ0) is 12.6. The van der Waals surface area contributed by atoms with Crippen molar-refractivity contribution in [3.8, 4) is 0 Å². The predicted octanol–water partition coefficient (Wildman–Crippen LogP) is 1.45. The zero-order valence-corrected chi connectivity index (χ0v) is 10.3. The van der Waals surface area contributed by atoms with Gasteiger partial charge in [-0.25, -0.2) is 0 Å². The Hall–Kier alpha value is -1.84. The maximum Gasteiger partial charge on any atom is 0.230 e. The van der Waals surface area contributed by atoms with E-state index in [0.717, 1.165) is 16.7 Å². The molecule has 1 unspecified atom stereocenters. The maximum atomic E-state index is 11.3. The number of amides is 1. The van der Waals surface area contributed by atoms with Crippen LogP contribution >= 0.6 is 0 Å². The van der Waals surface area contributed by atoms with E-state index >= 15 is 0 Å². The van der Waals surface area contributed by atoms with Gasteiger partial charge in [0.25, 0.3) is 0 Å². The van der Waals surface area contributed by atoms with Crippen molar-refractivity contribution in [2.24, 2.45) is 16.8 Å². The minimum Gasteiger partial charge on any atom is -0.394 e. The summed E-state index contributed by atoms with van der Waals surface area (Å²) in [6, 6.07) is 4.14. The van der Waals surface area contributed by atoms with Crippen molar-refractivity contribution in [2.45, 2.75) is 20.8 Å². The summed E-state index contributed by atoms with van der Waals surface area (Å²) in [5.74, 6) is -0.823. The second-order valence-electron chi connectivity index (χ2n) is 4.50. The Morgan fingerprint density at radius 3 is 2.47 bits per heavy atom. The lowest BCUT2D eigenvalue weighted by atomic mass is 9.90. The lowest BCUT2D eigenvalue weighted by Crippen LogP contribution is -2.31. The minimum absolute atomic E-state index is 0.247. The van der Waals surface area contributed by atoms with Gasteiger partial charge in [-0.05, 0) is 31.9 Å². The number of primary amides is 1. The molecule has 2 N–H and O–H groups in total. The molecule has 1 aliphatic rings. The molecule has 4 nitrogen and oxygen atoms in total. The van der Waals surface area contributed by atoms with E-state index in [9.17, 15) is 4.79 Å². The Labute approximate surface area is 100 Å². The fraction of sp³-hybridized carbons (Fsp3) is 0.385. The highest BCUT2D eigenvalue weighted by Gasteiger charge is 2.31. The Morgan fingerprint density at radius 2 is 1.94 bits per heavy atom. The molecule has 0 radical (unpaired) electrons. The molecule has 1 atom stereocenters. The molecule has 1 amide bonds. The Kier molecular flexibility index (Phi) is 2.88. The summed E-state index contributed by atoms with van der Waals surface area (Å²) in [4.78, 5) is 16.3. The van der Waals surface area contributed by atoms with Crippen molar-refractivity contribution in [1.29, 1.82) is 0 Å². The van der Waals surface area contributed by atoms with E-state index in [1.54, 1.807) is 0 Å². The largest absolute Gasteiger partial charge is 0.394 e. The van der Waals surface area contributed by atoms with Crippen LogP contribution in [0, 0.1) is 26.7 Å². The van der Waals surface area contributed by atoms with E-state index in [2.05, 4.69) is 17.3 Å². The number of carbonyl (C=O) groups excluding carboxylic acids is 1. The lowest BCUT2D eigenvalue weighted by Gasteiger charge is -2.13. The van der Waals surface area contributed by atoms with Gasteiger partial charge < -0.3 is 10.6 Å². The number of carbonyl (C=O) groups is 1. The Bertz CT molecular complexity index is 483. The molecule has 0 aliphatic carbocycles. The second-order valence-corrected chi connectivity index (χ2v) is 4.50. The number of aryl methyl sites for hydroxylation is 3. The quantitative estimate of drug-likeness (QED) is 0.838. The summed E-state index contributed by atoms with van der Waals surface area (Å²) >= 11 is 0. The zero-order valence-electron chi connectivity index (χ0n) is 10.3. The highest BCUT2D eigenvalue weighted by atomic mass is 16.6. The summed E-state index contributed by atoms with van der Waals surface area (Å²) in [6.07, 6.45) is 0. The summed E-state index contributed by atoms with van der Waals surface area (Å²) in [7, 11) is 0. The van der Waals surface area contributed by atoms with Crippen molar-refractivity contribution in [2.75, 3.05) is 6.61 Å². The molecule has 1 aromatic carbocycles. The molecule has 0 saturated carbocycles. The van der Waals surface area contributed by atoms with Gasteiger partial charge in [0.15, 0.2) is 0 Å². The van der Waals surface area contributed by atoms with Crippen molar-refractivity contribution >= 4 is 11.6 Å². The van der Waals surface area contributed by atoms with Gasteiger partial charge >= 0.3 is 0 Å². The molecule has 2 rings (SSSR count). The van der Waals surface area contributed by atoms with Crippen LogP contribution in [0.2, 0.25) is 0 Å². The van der Waals surface area contributed by atoms with Gasteiger partial charge in [-0.15, -0.1) is 0 Å². The van der Waals surface area contributed by atoms with E-state index in [1.807, 2.05) is 20.8 Å². The SMILES string of the molecule is Cc1cc(C)c(C2=NOCC2C(N)=O)c(C)c1. The molecular weight excluding hydrogens is 216 g/mol. The van der Waals surface area contributed by atoms with Crippen LogP contribution in [0.4, 0.5) is 0 Å². The Morgan fingerprint density at radius 1 is 1.35 bits per heavy atom. The molecule has 0 aromatic heterocycles.